The number of carboxylic acids is 1. The van der Waals surface area contributed by atoms with Gasteiger partial charge in [0.15, 0.2) is 0 Å². The molecule has 8 heteroatoms. The molecule has 1 saturated heterocycles. The minimum Gasteiger partial charge on any atom is -0.490 e. The number of benzene rings is 2. The summed E-state index contributed by atoms with van der Waals surface area (Å²) in [6.45, 7) is 0.773. The number of aliphatic carboxylic acids is 1. The highest BCUT2D eigenvalue weighted by atomic mass is 16.5. The van der Waals surface area contributed by atoms with Crippen molar-refractivity contribution in [2.24, 2.45) is 11.8 Å². The highest BCUT2D eigenvalue weighted by molar-refractivity contribution is 5.73. The third-order valence-electron chi connectivity index (χ3n) is 6.73. The zero-order valence-electron chi connectivity index (χ0n) is 17.8. The third-order valence-corrected chi connectivity index (χ3v) is 6.73. The van der Waals surface area contributed by atoms with Crippen molar-refractivity contribution in [3.63, 3.8) is 0 Å². The molecule has 166 valence electrons. The Kier molecular flexibility index (Phi) is 5.85. The number of H-pyrrole nitrogens is 1. The van der Waals surface area contributed by atoms with E-state index in [-0.39, 0.29) is 6.10 Å². The van der Waals surface area contributed by atoms with Gasteiger partial charge in [0.25, 0.3) is 0 Å². The summed E-state index contributed by atoms with van der Waals surface area (Å²) in [6.07, 6.45) is 4.37. The molecule has 0 amide bonds. The molecule has 4 atom stereocenters. The van der Waals surface area contributed by atoms with Gasteiger partial charge in [0.2, 0.25) is 5.82 Å². The fourth-order valence-electron chi connectivity index (χ4n) is 5.06. The van der Waals surface area contributed by atoms with E-state index in [1.807, 2.05) is 24.3 Å². The lowest BCUT2D eigenvalue weighted by Gasteiger charge is -2.41. The predicted octanol–water partition coefficient (Wildman–Crippen LogP) is 3.07. The molecule has 2 aliphatic rings. The number of nitrogens with one attached hydrogen (secondary N) is 2. The van der Waals surface area contributed by atoms with Gasteiger partial charge in [0, 0.05) is 0 Å². The molecule has 32 heavy (non-hydrogen) atoms. The van der Waals surface area contributed by atoms with E-state index < -0.39 is 12.0 Å². The average molecular weight is 434 g/mol. The van der Waals surface area contributed by atoms with Crippen LogP contribution < -0.4 is 10.1 Å². The Balaban J connectivity index is 1.36. The number of piperidine rings is 1. The summed E-state index contributed by atoms with van der Waals surface area (Å²) in [7, 11) is 0. The maximum atomic E-state index is 11.4. The molecule has 3 N–H and O–H groups in total. The van der Waals surface area contributed by atoms with Gasteiger partial charge in [-0.2, -0.15) is 5.21 Å². The number of carboxylic acid groups (broad SMARTS) is 1. The minimum absolute atomic E-state index is 0.0430. The highest BCUT2D eigenvalue weighted by Gasteiger charge is 2.38. The topological polar surface area (TPSA) is 113 Å². The molecule has 0 spiro atoms. The van der Waals surface area contributed by atoms with Gasteiger partial charge in [-0.05, 0) is 79.0 Å². The molecule has 1 aromatic heterocycles. The van der Waals surface area contributed by atoms with Crippen LogP contribution in [0.1, 0.15) is 36.8 Å². The van der Waals surface area contributed by atoms with Crippen LogP contribution in [0.25, 0.3) is 11.4 Å². The second-order valence-corrected chi connectivity index (χ2v) is 8.84. The Bertz CT molecular complexity index is 1060. The standard InChI is InChI=1S/C24H27N5O3/c30-24(31)21-13-18-12-19(8-7-17(18)14-25-21)32-22-11-16(10-15-4-2-1-3-5-15)6-9-20(22)23-26-28-29-27-23/h1-6,9,11,17-19,21,25H,7-8,10,12-14H2,(H,30,31)(H,26,27,28,29). The largest absolute Gasteiger partial charge is 0.490 e. The quantitative estimate of drug-likeness (QED) is 0.547. The lowest BCUT2D eigenvalue weighted by Crippen LogP contribution is -2.50. The maximum absolute atomic E-state index is 11.4. The summed E-state index contributed by atoms with van der Waals surface area (Å²) < 4.78 is 6.54. The van der Waals surface area contributed by atoms with E-state index in [0.717, 1.165) is 49.1 Å². The van der Waals surface area contributed by atoms with Crippen LogP contribution in [0.3, 0.4) is 0 Å². The summed E-state index contributed by atoms with van der Waals surface area (Å²) in [5.41, 5.74) is 3.20. The van der Waals surface area contributed by atoms with Crippen molar-refractivity contribution in [1.29, 1.82) is 0 Å². The number of ether oxygens (including phenoxy) is 1. The molecular formula is C24H27N5O3. The van der Waals surface area contributed by atoms with Gasteiger partial charge in [-0.1, -0.05) is 36.4 Å². The summed E-state index contributed by atoms with van der Waals surface area (Å²) in [5, 5.41) is 27.1. The van der Waals surface area contributed by atoms with Crippen LogP contribution >= 0.6 is 0 Å². The minimum atomic E-state index is -0.764. The molecule has 4 unspecified atom stereocenters. The smallest absolute Gasteiger partial charge is 0.320 e. The van der Waals surface area contributed by atoms with Crippen LogP contribution in [0.15, 0.2) is 48.5 Å². The third kappa shape index (κ3) is 4.50. The number of aromatic nitrogens is 4. The molecule has 2 fully saturated rings. The number of aromatic amines is 1. The van der Waals surface area contributed by atoms with Gasteiger partial charge >= 0.3 is 5.97 Å². The second-order valence-electron chi connectivity index (χ2n) is 8.84. The molecule has 8 nitrogen and oxygen atoms in total. The first kappa shape index (κ1) is 20.6. The van der Waals surface area contributed by atoms with Crippen molar-refractivity contribution in [3.05, 3.63) is 59.7 Å². The lowest BCUT2D eigenvalue weighted by molar-refractivity contribution is -0.141. The Hall–Kier alpha value is -3.26. The second kappa shape index (κ2) is 9.08. The van der Waals surface area contributed by atoms with Crippen LogP contribution in [0.2, 0.25) is 0 Å². The van der Waals surface area contributed by atoms with Crippen LogP contribution in [-0.4, -0.2) is 50.4 Å². The first-order valence-electron chi connectivity index (χ1n) is 11.2. The zero-order valence-corrected chi connectivity index (χ0v) is 17.8. The zero-order chi connectivity index (χ0) is 21.9. The number of carbonyl (C=O) groups is 1. The summed E-state index contributed by atoms with van der Waals surface area (Å²) in [5.74, 6) is 1.38. The van der Waals surface area contributed by atoms with E-state index in [4.69, 9.17) is 4.74 Å². The average Bonchev–Trinajstić information content (AvgIpc) is 3.34. The lowest BCUT2D eigenvalue weighted by atomic mass is 9.72. The number of hydrogen-bond acceptors (Lipinski definition) is 6. The Labute approximate surface area is 186 Å². The molecule has 2 aromatic carbocycles. The van der Waals surface area contributed by atoms with Crippen LogP contribution in [0.5, 0.6) is 5.75 Å². The SMILES string of the molecule is O=C(O)C1CC2CC(Oc3cc(Cc4ccccc4)ccc3-c3nn[nH]n3)CCC2CN1. The van der Waals surface area contributed by atoms with Gasteiger partial charge in [0.05, 0.1) is 11.7 Å². The van der Waals surface area contributed by atoms with E-state index >= 15 is 0 Å². The van der Waals surface area contributed by atoms with Crippen molar-refractivity contribution in [3.8, 4) is 17.1 Å². The predicted molar refractivity (Wildman–Crippen MR) is 118 cm³/mol. The first-order valence-corrected chi connectivity index (χ1v) is 11.2. The molecule has 1 saturated carbocycles. The van der Waals surface area contributed by atoms with Gasteiger partial charge in [-0.15, -0.1) is 10.2 Å². The van der Waals surface area contributed by atoms with E-state index in [1.54, 1.807) is 0 Å². The normalized spacial score (nSPS) is 25.1. The monoisotopic (exact) mass is 433 g/mol. The van der Waals surface area contributed by atoms with Crippen LogP contribution in [0.4, 0.5) is 0 Å². The number of nitrogens with zero attached hydrogens (tertiary/aromatic N) is 3. The van der Waals surface area contributed by atoms with Crippen LogP contribution in [-0.2, 0) is 11.2 Å². The molecule has 0 bridgehead atoms. The van der Waals surface area contributed by atoms with Crippen LogP contribution in [0, 0.1) is 11.8 Å². The molecule has 3 aromatic rings. The van der Waals surface area contributed by atoms with Gasteiger partial charge in [-0.25, -0.2) is 0 Å². The summed E-state index contributed by atoms with van der Waals surface area (Å²) in [6, 6.07) is 16.0. The highest BCUT2D eigenvalue weighted by Crippen LogP contribution is 2.39. The van der Waals surface area contributed by atoms with Crippen molar-refractivity contribution in [2.75, 3.05) is 6.54 Å². The Morgan fingerprint density at radius 2 is 1.94 bits per heavy atom. The summed E-state index contributed by atoms with van der Waals surface area (Å²) >= 11 is 0. The molecule has 1 aliphatic heterocycles. The van der Waals surface area contributed by atoms with E-state index in [1.165, 1.54) is 5.56 Å². The molecule has 2 heterocycles. The van der Waals surface area contributed by atoms with Gasteiger partial charge in [0.1, 0.15) is 11.8 Å². The number of tetrazole rings is 1. The fraction of sp³-hybridized carbons (Fsp3) is 0.417. The van der Waals surface area contributed by atoms with Gasteiger partial charge < -0.3 is 15.2 Å². The van der Waals surface area contributed by atoms with E-state index in [0.29, 0.717) is 24.1 Å². The van der Waals surface area contributed by atoms with Crippen molar-refractivity contribution >= 4 is 5.97 Å². The van der Waals surface area contributed by atoms with Crippen molar-refractivity contribution in [1.82, 2.24) is 25.9 Å². The Morgan fingerprint density at radius 1 is 1.06 bits per heavy atom. The number of fused-ring (bicyclic) bond motifs is 1. The molecular weight excluding hydrogens is 406 g/mol. The van der Waals surface area contributed by atoms with Crippen molar-refractivity contribution < 1.29 is 14.6 Å². The van der Waals surface area contributed by atoms with Crippen molar-refractivity contribution in [2.45, 2.75) is 44.2 Å². The van der Waals surface area contributed by atoms with E-state index in [9.17, 15) is 9.90 Å². The molecule has 1 aliphatic carbocycles. The first-order chi connectivity index (χ1) is 15.7. The van der Waals surface area contributed by atoms with Gasteiger partial charge in [-0.3, -0.25) is 4.79 Å². The number of rotatable bonds is 6. The fourth-order valence-corrected chi connectivity index (χ4v) is 5.06. The molecule has 0 radical (unpaired) electrons. The Morgan fingerprint density at radius 3 is 2.72 bits per heavy atom. The van der Waals surface area contributed by atoms with E-state index in [2.05, 4.69) is 50.2 Å². The molecule has 5 rings (SSSR count). The summed E-state index contributed by atoms with van der Waals surface area (Å²) in [4.78, 5) is 11.4. The maximum Gasteiger partial charge on any atom is 0.320 e. The number of hydrogen-bond donors (Lipinski definition) is 3.